The summed E-state index contributed by atoms with van der Waals surface area (Å²) in [6, 6.07) is 18.7. The maximum atomic E-state index is 12.1. The van der Waals surface area contributed by atoms with Crippen LogP contribution < -0.4 is 15.4 Å². The van der Waals surface area contributed by atoms with Gasteiger partial charge in [0, 0.05) is 19.0 Å². The average molecular weight is 424 g/mol. The standard InChI is InChI=1S/C21H17N3O3S2/c25-19(10-11-22-20(26)17-7-4-12-28-17)24-21-23-16-9-8-15(13-18(16)29-21)27-14-5-2-1-3-6-14/h1-9,12-13H,10-11H2,(H,22,26)(H,23,24,25). The zero-order valence-electron chi connectivity index (χ0n) is 15.3. The van der Waals surface area contributed by atoms with Gasteiger partial charge in [-0.05, 0) is 35.7 Å². The van der Waals surface area contributed by atoms with E-state index >= 15 is 0 Å². The topological polar surface area (TPSA) is 80.3 Å². The highest BCUT2D eigenvalue weighted by Gasteiger charge is 2.11. The minimum atomic E-state index is -0.198. The number of fused-ring (bicyclic) bond motifs is 1. The predicted octanol–water partition coefficient (Wildman–Crippen LogP) is 4.91. The third-order valence-corrected chi connectivity index (χ3v) is 5.77. The number of para-hydroxylation sites is 1. The van der Waals surface area contributed by atoms with E-state index in [4.69, 9.17) is 4.74 Å². The number of rotatable bonds is 7. The van der Waals surface area contributed by atoms with Crippen molar-refractivity contribution in [1.82, 2.24) is 10.3 Å². The summed E-state index contributed by atoms with van der Waals surface area (Å²) in [4.78, 5) is 29.1. The fraction of sp³-hybridized carbons (Fsp3) is 0.0952. The second-order valence-electron chi connectivity index (χ2n) is 6.10. The number of thiazole rings is 1. The van der Waals surface area contributed by atoms with Crippen molar-refractivity contribution in [3.8, 4) is 11.5 Å². The number of hydrogen-bond acceptors (Lipinski definition) is 6. The maximum absolute atomic E-state index is 12.1. The van der Waals surface area contributed by atoms with Gasteiger partial charge in [-0.25, -0.2) is 4.98 Å². The SMILES string of the molecule is O=C(CCNC(=O)c1cccs1)Nc1nc2ccc(Oc3ccccc3)cc2s1. The lowest BCUT2D eigenvalue weighted by atomic mass is 10.3. The van der Waals surface area contributed by atoms with Crippen LogP contribution in [0.1, 0.15) is 16.1 Å². The lowest BCUT2D eigenvalue weighted by molar-refractivity contribution is -0.116. The molecule has 2 aromatic heterocycles. The highest BCUT2D eigenvalue weighted by atomic mass is 32.1. The first kappa shape index (κ1) is 19.1. The van der Waals surface area contributed by atoms with Crippen LogP contribution in [-0.2, 0) is 4.79 Å². The van der Waals surface area contributed by atoms with Crippen molar-refractivity contribution in [2.75, 3.05) is 11.9 Å². The van der Waals surface area contributed by atoms with Crippen LogP contribution in [0.5, 0.6) is 11.5 Å². The van der Waals surface area contributed by atoms with Gasteiger partial charge >= 0.3 is 0 Å². The van der Waals surface area contributed by atoms with Gasteiger partial charge in [0.05, 0.1) is 15.1 Å². The molecule has 6 nitrogen and oxygen atoms in total. The van der Waals surface area contributed by atoms with Crippen molar-refractivity contribution < 1.29 is 14.3 Å². The Balaban J connectivity index is 1.33. The Hall–Kier alpha value is -3.23. The fourth-order valence-electron chi connectivity index (χ4n) is 2.61. The number of anilines is 1. The highest BCUT2D eigenvalue weighted by Crippen LogP contribution is 2.31. The lowest BCUT2D eigenvalue weighted by Crippen LogP contribution is -2.27. The number of benzene rings is 2. The molecule has 4 aromatic rings. The van der Waals surface area contributed by atoms with Crippen LogP contribution in [0.15, 0.2) is 66.0 Å². The average Bonchev–Trinajstić information content (AvgIpc) is 3.38. The molecule has 0 bridgehead atoms. The van der Waals surface area contributed by atoms with E-state index in [1.807, 2.05) is 60.0 Å². The number of hydrogen-bond donors (Lipinski definition) is 2. The van der Waals surface area contributed by atoms with Crippen LogP contribution in [0.2, 0.25) is 0 Å². The van der Waals surface area contributed by atoms with Crippen LogP contribution in [0, 0.1) is 0 Å². The molecular weight excluding hydrogens is 406 g/mol. The molecule has 0 atom stereocenters. The summed E-state index contributed by atoms with van der Waals surface area (Å²) in [5, 5.41) is 7.88. The number of nitrogens with one attached hydrogen (secondary N) is 2. The van der Waals surface area contributed by atoms with Crippen molar-refractivity contribution in [3.05, 3.63) is 70.9 Å². The molecule has 2 amide bonds. The molecule has 0 fully saturated rings. The van der Waals surface area contributed by atoms with Crippen LogP contribution in [0.25, 0.3) is 10.2 Å². The summed E-state index contributed by atoms with van der Waals surface area (Å²) in [5.41, 5.74) is 0.789. The summed E-state index contributed by atoms with van der Waals surface area (Å²) in [6.07, 6.45) is 0.176. The molecule has 146 valence electrons. The van der Waals surface area contributed by atoms with Gasteiger partial charge < -0.3 is 15.4 Å². The quantitative estimate of drug-likeness (QED) is 0.443. The Morgan fingerprint density at radius 3 is 2.66 bits per heavy atom. The number of carbonyl (C=O) groups is 2. The molecule has 2 aromatic carbocycles. The molecule has 8 heteroatoms. The van der Waals surface area contributed by atoms with Crippen molar-refractivity contribution >= 4 is 49.8 Å². The Kier molecular flexibility index (Phi) is 5.83. The van der Waals surface area contributed by atoms with E-state index in [2.05, 4.69) is 15.6 Å². The van der Waals surface area contributed by atoms with E-state index in [1.54, 1.807) is 6.07 Å². The Bertz CT molecular complexity index is 1120. The molecule has 0 saturated heterocycles. The molecule has 2 heterocycles. The fourth-order valence-corrected chi connectivity index (χ4v) is 4.16. The molecule has 0 saturated carbocycles. The van der Waals surface area contributed by atoms with E-state index in [0.717, 1.165) is 16.0 Å². The van der Waals surface area contributed by atoms with E-state index in [-0.39, 0.29) is 24.8 Å². The molecule has 2 N–H and O–H groups in total. The van der Waals surface area contributed by atoms with Gasteiger partial charge in [0.2, 0.25) is 5.91 Å². The van der Waals surface area contributed by atoms with Crippen LogP contribution in [-0.4, -0.2) is 23.3 Å². The van der Waals surface area contributed by atoms with Gasteiger partial charge in [-0.2, -0.15) is 0 Å². The van der Waals surface area contributed by atoms with Crippen molar-refractivity contribution in [2.24, 2.45) is 0 Å². The first-order valence-corrected chi connectivity index (χ1v) is 10.6. The molecular formula is C21H17N3O3S2. The zero-order chi connectivity index (χ0) is 20.1. The minimum Gasteiger partial charge on any atom is -0.457 e. The van der Waals surface area contributed by atoms with E-state index < -0.39 is 0 Å². The Labute approximate surface area is 175 Å². The normalized spacial score (nSPS) is 10.6. The Morgan fingerprint density at radius 1 is 1.00 bits per heavy atom. The first-order valence-electron chi connectivity index (χ1n) is 8.92. The van der Waals surface area contributed by atoms with Crippen molar-refractivity contribution in [1.29, 1.82) is 0 Å². The van der Waals surface area contributed by atoms with E-state index in [9.17, 15) is 9.59 Å². The second-order valence-corrected chi connectivity index (χ2v) is 8.07. The van der Waals surface area contributed by atoms with Gasteiger partial charge in [0.25, 0.3) is 5.91 Å². The van der Waals surface area contributed by atoms with Crippen LogP contribution in [0.3, 0.4) is 0 Å². The molecule has 0 aliphatic rings. The third kappa shape index (κ3) is 4.98. The number of aromatic nitrogens is 1. The number of amides is 2. The van der Waals surface area contributed by atoms with Crippen LogP contribution in [0.4, 0.5) is 5.13 Å². The number of carbonyl (C=O) groups excluding carboxylic acids is 2. The number of thiophene rings is 1. The Morgan fingerprint density at radius 2 is 1.86 bits per heavy atom. The zero-order valence-corrected chi connectivity index (χ0v) is 16.9. The summed E-state index contributed by atoms with van der Waals surface area (Å²) in [6.45, 7) is 0.266. The van der Waals surface area contributed by atoms with Gasteiger partial charge in [0.15, 0.2) is 5.13 Å². The molecule has 4 rings (SSSR count). The summed E-state index contributed by atoms with van der Waals surface area (Å²) in [5.74, 6) is 1.10. The smallest absolute Gasteiger partial charge is 0.261 e. The van der Waals surface area contributed by atoms with Gasteiger partial charge in [-0.1, -0.05) is 35.6 Å². The number of nitrogens with zero attached hydrogens (tertiary/aromatic N) is 1. The van der Waals surface area contributed by atoms with Gasteiger partial charge in [-0.3, -0.25) is 9.59 Å². The monoisotopic (exact) mass is 423 g/mol. The van der Waals surface area contributed by atoms with Crippen molar-refractivity contribution in [3.63, 3.8) is 0 Å². The van der Waals surface area contributed by atoms with Gasteiger partial charge in [-0.15, -0.1) is 11.3 Å². The van der Waals surface area contributed by atoms with E-state index in [1.165, 1.54) is 22.7 Å². The maximum Gasteiger partial charge on any atom is 0.261 e. The molecule has 0 radical (unpaired) electrons. The van der Waals surface area contributed by atoms with Crippen LogP contribution >= 0.6 is 22.7 Å². The third-order valence-electron chi connectivity index (χ3n) is 3.97. The number of ether oxygens (including phenoxy) is 1. The molecule has 29 heavy (non-hydrogen) atoms. The molecule has 0 aliphatic heterocycles. The highest BCUT2D eigenvalue weighted by molar-refractivity contribution is 7.22. The first-order chi connectivity index (χ1) is 14.2. The predicted molar refractivity (Wildman–Crippen MR) is 116 cm³/mol. The second kappa shape index (κ2) is 8.85. The van der Waals surface area contributed by atoms with Crippen molar-refractivity contribution in [2.45, 2.75) is 6.42 Å². The largest absolute Gasteiger partial charge is 0.457 e. The minimum absolute atomic E-state index is 0.168. The summed E-state index contributed by atoms with van der Waals surface area (Å²) in [7, 11) is 0. The lowest BCUT2D eigenvalue weighted by Gasteiger charge is -2.04. The molecule has 0 unspecified atom stereocenters. The summed E-state index contributed by atoms with van der Waals surface area (Å²) >= 11 is 2.74. The van der Waals surface area contributed by atoms with Gasteiger partial charge in [0.1, 0.15) is 11.5 Å². The molecule has 0 aliphatic carbocycles. The van der Waals surface area contributed by atoms with E-state index in [0.29, 0.717) is 15.8 Å². The summed E-state index contributed by atoms with van der Waals surface area (Å²) < 4.78 is 6.75. The molecule has 0 spiro atoms.